The quantitative estimate of drug-likeness (QED) is 0.499. The molecule has 5 atom stereocenters. The van der Waals surface area contributed by atoms with Crippen molar-refractivity contribution in [3.05, 3.63) is 46.6 Å². The maximum Gasteiger partial charge on any atom is 0.161 e. The van der Waals surface area contributed by atoms with E-state index in [0.717, 1.165) is 49.2 Å². The molecule has 178 valence electrons. The summed E-state index contributed by atoms with van der Waals surface area (Å²) in [6, 6.07) is 6.22. The van der Waals surface area contributed by atoms with Crippen LogP contribution in [-0.2, 0) is 4.79 Å². The first-order valence-corrected chi connectivity index (χ1v) is 13.1. The number of fused-ring (bicyclic) bond motifs is 5. The lowest BCUT2D eigenvalue weighted by Gasteiger charge is -2.53. The predicted octanol–water partition coefficient (Wildman–Crippen LogP) is 3.67. The van der Waals surface area contributed by atoms with Crippen LogP contribution in [0.15, 0.2) is 41.0 Å². The van der Waals surface area contributed by atoms with Gasteiger partial charge < -0.3 is 14.6 Å². The fourth-order valence-corrected chi connectivity index (χ4v) is 7.66. The first kappa shape index (κ1) is 24.0. The van der Waals surface area contributed by atoms with Crippen molar-refractivity contribution < 1.29 is 19.4 Å². The molecule has 2 fully saturated rings. The Morgan fingerprint density at radius 1 is 1.08 bits per heavy atom. The average molecular weight is 474 g/mol. The second-order valence-corrected chi connectivity index (χ2v) is 11.5. The Labute approximate surface area is 217 Å². The zero-order valence-corrected chi connectivity index (χ0v) is 20.8. The van der Waals surface area contributed by atoms with Crippen LogP contribution in [0.5, 0.6) is 11.5 Å². The van der Waals surface area contributed by atoms with Crippen molar-refractivity contribution in [3.63, 3.8) is 0 Å². The molecule has 6 radical (unpaired) electrons. The highest BCUT2D eigenvalue weighted by Gasteiger charge is 2.62. The number of carbonyl (C=O) groups excluding carboxylic acids is 1. The fraction of sp³-hybridized carbons (Fsp3) is 0.552. The van der Waals surface area contributed by atoms with Gasteiger partial charge in [0.05, 0.1) is 23.5 Å². The monoisotopic (exact) mass is 474 g/mol. The summed E-state index contributed by atoms with van der Waals surface area (Å²) in [5.41, 5.74) is 3.46. The van der Waals surface area contributed by atoms with Crippen molar-refractivity contribution >= 4 is 29.3 Å². The van der Waals surface area contributed by atoms with Gasteiger partial charge in [-0.25, -0.2) is 0 Å². The van der Waals surface area contributed by atoms with Crippen LogP contribution < -0.4 is 9.47 Å². The van der Waals surface area contributed by atoms with Gasteiger partial charge in [-0.1, -0.05) is 29.6 Å². The Hall–Kier alpha value is -2.32. The number of rotatable bonds is 1. The van der Waals surface area contributed by atoms with Crippen molar-refractivity contribution in [1.82, 2.24) is 0 Å². The molecule has 0 unspecified atom stereocenters. The van der Waals surface area contributed by atoms with E-state index in [1.54, 1.807) is 0 Å². The van der Waals surface area contributed by atoms with Crippen LogP contribution in [0.3, 0.4) is 0 Å². The summed E-state index contributed by atoms with van der Waals surface area (Å²) in [6.45, 7) is 3.25. The van der Waals surface area contributed by atoms with E-state index in [9.17, 15) is 9.90 Å². The van der Waals surface area contributed by atoms with Gasteiger partial charge in [-0.05, 0) is 85.3 Å². The van der Waals surface area contributed by atoms with E-state index in [1.807, 2.05) is 12.1 Å². The number of hydrogen-bond acceptors (Lipinski definition) is 4. The third kappa shape index (κ3) is 3.79. The highest BCUT2D eigenvalue weighted by atomic mass is 16.6. The molecule has 1 aromatic carbocycles. The predicted molar refractivity (Wildman–Crippen MR) is 140 cm³/mol. The topological polar surface area (TPSA) is 55.8 Å². The largest absolute Gasteiger partial charge is 0.486 e. The van der Waals surface area contributed by atoms with Crippen LogP contribution >= 0.6 is 0 Å². The van der Waals surface area contributed by atoms with Gasteiger partial charge in [0.15, 0.2) is 17.3 Å². The van der Waals surface area contributed by atoms with Crippen LogP contribution in [0, 0.1) is 29.1 Å². The summed E-state index contributed by atoms with van der Waals surface area (Å²) in [4.78, 5) is 12.3. The minimum absolute atomic E-state index is 0.0730. The highest BCUT2D eigenvalue weighted by Crippen LogP contribution is 2.66. The van der Waals surface area contributed by atoms with Gasteiger partial charge in [0.25, 0.3) is 0 Å². The number of ketones is 1. The number of aliphatic hydroxyl groups is 1. The van der Waals surface area contributed by atoms with Gasteiger partial charge in [0.2, 0.25) is 0 Å². The molecule has 6 rings (SSSR count). The summed E-state index contributed by atoms with van der Waals surface area (Å²) in [7, 11) is 17.3. The first-order valence-electron chi connectivity index (χ1n) is 13.1. The van der Waals surface area contributed by atoms with E-state index in [0.29, 0.717) is 32.0 Å². The molecule has 1 N–H and O–H groups in total. The van der Waals surface area contributed by atoms with Gasteiger partial charge in [0, 0.05) is 17.8 Å². The summed E-state index contributed by atoms with van der Waals surface area (Å²) in [5, 5.41) is 10.3. The molecule has 0 spiro atoms. The number of allylic oxidation sites excluding steroid dienone is 4. The zero-order chi connectivity index (χ0) is 25.3. The minimum Gasteiger partial charge on any atom is -0.486 e. The van der Waals surface area contributed by atoms with E-state index in [1.165, 1.54) is 16.7 Å². The van der Waals surface area contributed by atoms with E-state index in [-0.39, 0.29) is 17.6 Å². The molecule has 36 heavy (non-hydrogen) atoms. The number of hydrogen-bond donors (Lipinski definition) is 1. The van der Waals surface area contributed by atoms with E-state index in [2.05, 4.69) is 30.9 Å². The van der Waals surface area contributed by atoms with Crippen LogP contribution in [0.4, 0.5) is 0 Å². The molecule has 0 saturated heterocycles. The SMILES string of the molecule is [B]C([B])([B])C#C[C@]1(O)CC[C@H]2[C@@H]3CCC4=CC(=O)CCC4=C3[C@@H](c3ccc4c(c3)OCCO4)C[C@@]21C. The van der Waals surface area contributed by atoms with Crippen molar-refractivity contribution in [2.45, 2.75) is 68.5 Å². The lowest BCUT2D eigenvalue weighted by Crippen LogP contribution is -2.51. The fourth-order valence-electron chi connectivity index (χ4n) is 7.66. The Kier molecular flexibility index (Phi) is 5.58. The van der Waals surface area contributed by atoms with Crippen LogP contribution in [0.25, 0.3) is 0 Å². The second kappa shape index (κ2) is 8.35. The molecule has 0 aromatic heterocycles. The molecule has 5 aliphatic rings. The van der Waals surface area contributed by atoms with Gasteiger partial charge in [-0.15, -0.1) is 5.92 Å². The van der Waals surface area contributed by atoms with E-state index < -0.39 is 16.1 Å². The van der Waals surface area contributed by atoms with Crippen LogP contribution in [0.1, 0.15) is 63.4 Å². The van der Waals surface area contributed by atoms with E-state index in [4.69, 9.17) is 33.0 Å². The van der Waals surface area contributed by atoms with Crippen LogP contribution in [0.2, 0.25) is 5.11 Å². The van der Waals surface area contributed by atoms with Gasteiger partial charge >= 0.3 is 0 Å². The minimum atomic E-state index is -1.65. The summed E-state index contributed by atoms with van der Waals surface area (Å²) >= 11 is 0. The lowest BCUT2D eigenvalue weighted by atomic mass is 9.43. The van der Waals surface area contributed by atoms with Crippen molar-refractivity contribution in [1.29, 1.82) is 0 Å². The third-order valence-corrected chi connectivity index (χ3v) is 9.34. The molecule has 0 amide bonds. The molecule has 0 bridgehead atoms. The summed E-state index contributed by atoms with van der Waals surface area (Å²) in [5.74, 6) is 8.16. The average Bonchev–Trinajstić information content (AvgIpc) is 3.12. The Bertz CT molecular complexity index is 1250. The number of carbonyl (C=O) groups is 1. The lowest BCUT2D eigenvalue weighted by molar-refractivity contribution is -0.114. The first-order chi connectivity index (χ1) is 17.1. The molecular formula is C29H29B3O4. The maximum absolute atomic E-state index is 12.3. The van der Waals surface area contributed by atoms with Gasteiger partial charge in [0.1, 0.15) is 18.8 Å². The van der Waals surface area contributed by atoms with Gasteiger partial charge in [-0.3, -0.25) is 4.79 Å². The number of ether oxygens (including phenoxy) is 2. The smallest absolute Gasteiger partial charge is 0.161 e. The molecule has 1 aromatic rings. The molecule has 4 nitrogen and oxygen atoms in total. The van der Waals surface area contributed by atoms with E-state index >= 15 is 0 Å². The third-order valence-electron chi connectivity index (χ3n) is 9.34. The van der Waals surface area contributed by atoms with Crippen molar-refractivity contribution in [2.24, 2.45) is 17.3 Å². The molecule has 7 heteroatoms. The van der Waals surface area contributed by atoms with Crippen molar-refractivity contribution in [2.75, 3.05) is 13.2 Å². The Morgan fingerprint density at radius 3 is 2.64 bits per heavy atom. The zero-order valence-electron chi connectivity index (χ0n) is 20.8. The molecule has 4 aliphatic carbocycles. The molecule has 1 aliphatic heterocycles. The second-order valence-electron chi connectivity index (χ2n) is 11.5. The molecular weight excluding hydrogens is 445 g/mol. The van der Waals surface area contributed by atoms with Crippen LogP contribution in [-0.4, -0.2) is 53.2 Å². The van der Waals surface area contributed by atoms with Crippen molar-refractivity contribution in [3.8, 4) is 23.3 Å². The molecule has 2 saturated carbocycles. The number of benzene rings is 1. The van der Waals surface area contributed by atoms with Gasteiger partial charge in [-0.2, -0.15) is 0 Å². The molecule has 1 heterocycles. The maximum atomic E-state index is 12.3. The summed E-state index contributed by atoms with van der Waals surface area (Å²) in [6.07, 6.45) is 7.26. The standard InChI is InChI=1S/C29H29B3O4/c1-27-16-22(18-3-7-24-25(15-18)36-13-12-35-24)26-20-6-4-19(33)14-17(20)2-5-21(26)23(27)8-9-28(27,34)10-11-29(30,31)32/h3,7,14-15,21-23,34H,2,4-6,8-9,12-13,16H2,1H3/t21-,22+,23-,27-,28+/m0/s1. The summed E-state index contributed by atoms with van der Waals surface area (Å²) < 4.78 is 11.7. The highest BCUT2D eigenvalue weighted by molar-refractivity contribution is 6.61. The Morgan fingerprint density at radius 2 is 1.86 bits per heavy atom. The normalized spacial score (nSPS) is 35.1. The Balaban J connectivity index is 1.50.